The quantitative estimate of drug-likeness (QED) is 0.285. The van der Waals surface area contributed by atoms with Gasteiger partial charge in [0.05, 0.1) is 19.3 Å². The summed E-state index contributed by atoms with van der Waals surface area (Å²) in [7, 11) is 1.74. The highest BCUT2D eigenvalue weighted by Crippen LogP contribution is 2.33. The summed E-state index contributed by atoms with van der Waals surface area (Å²) < 4.78 is 32.0. The summed E-state index contributed by atoms with van der Waals surface area (Å²) in [6.45, 7) is 12.7. The topological polar surface area (TPSA) is 46.2 Å². The van der Waals surface area contributed by atoms with E-state index in [9.17, 15) is 0 Å². The normalized spacial score (nSPS) is 24.8. The number of rotatable bonds is 13. The molecule has 1 fully saturated rings. The predicted octanol–water partition coefficient (Wildman–Crippen LogP) is 6.79. The van der Waals surface area contributed by atoms with Gasteiger partial charge in [0, 0.05) is 13.7 Å². The summed E-state index contributed by atoms with van der Waals surface area (Å²) in [6.07, 6.45) is 1.28. The first kappa shape index (κ1) is 28.8. The molecule has 1 aliphatic heterocycles. The van der Waals surface area contributed by atoms with Crippen LogP contribution in [0.1, 0.15) is 65.0 Å². The van der Waals surface area contributed by atoms with E-state index in [2.05, 4.69) is 58.9 Å². The molecule has 0 bridgehead atoms. The predicted molar refractivity (Wildman–Crippen MR) is 144 cm³/mol. The van der Waals surface area contributed by atoms with Gasteiger partial charge in [-0.25, -0.2) is 0 Å². The second-order valence-corrected chi connectivity index (χ2v) is 11.4. The zero-order valence-electron chi connectivity index (χ0n) is 23.0. The van der Waals surface area contributed by atoms with Crippen molar-refractivity contribution < 1.29 is 23.7 Å². The molecule has 5 nitrogen and oxygen atoms in total. The molecule has 2 aromatic rings. The fraction of sp³-hybridized carbons (Fsp3) is 0.613. The molecule has 200 valence electrons. The van der Waals surface area contributed by atoms with E-state index >= 15 is 0 Å². The van der Waals surface area contributed by atoms with E-state index in [-0.39, 0.29) is 23.7 Å². The van der Waals surface area contributed by atoms with Crippen molar-refractivity contribution in [2.75, 3.05) is 13.7 Å². The molecule has 0 aliphatic carbocycles. The van der Waals surface area contributed by atoms with E-state index in [1.165, 1.54) is 0 Å². The standard InChI is InChI=1S/C31H46O5/c1-23(2)20-26-27(32-6)28(33-19-13-18-31(3,4)5)29(34-21-24-14-9-7-10-15-24)30(36-26)35-22-25-16-11-8-12-17-25/h7-12,14-17,23,26-30H,13,18-22H2,1-6H3/t26-,27-,28+,29-,30+/m1/s1. The Bertz CT molecular complexity index is 848. The van der Waals surface area contributed by atoms with Crippen molar-refractivity contribution in [1.82, 2.24) is 0 Å². The van der Waals surface area contributed by atoms with Gasteiger partial charge in [0.1, 0.15) is 18.3 Å². The molecule has 0 radical (unpaired) electrons. The number of hydrogen-bond donors (Lipinski definition) is 0. The lowest BCUT2D eigenvalue weighted by atomic mass is 9.90. The largest absolute Gasteiger partial charge is 0.376 e. The molecule has 0 unspecified atom stereocenters. The minimum Gasteiger partial charge on any atom is -0.376 e. The van der Waals surface area contributed by atoms with Gasteiger partial charge in [0.2, 0.25) is 0 Å². The van der Waals surface area contributed by atoms with Crippen molar-refractivity contribution in [3.8, 4) is 0 Å². The summed E-state index contributed by atoms with van der Waals surface area (Å²) in [5.41, 5.74) is 2.47. The fourth-order valence-electron chi connectivity index (χ4n) is 4.66. The summed E-state index contributed by atoms with van der Waals surface area (Å²) >= 11 is 0. The lowest BCUT2D eigenvalue weighted by Crippen LogP contribution is -2.60. The molecule has 0 amide bonds. The zero-order chi connectivity index (χ0) is 26.0. The molecule has 0 N–H and O–H groups in total. The molecular formula is C31H46O5. The van der Waals surface area contributed by atoms with Gasteiger partial charge in [0.25, 0.3) is 0 Å². The van der Waals surface area contributed by atoms with Crippen molar-refractivity contribution in [1.29, 1.82) is 0 Å². The molecule has 3 rings (SSSR count). The number of ether oxygens (including phenoxy) is 5. The maximum atomic E-state index is 6.57. The Labute approximate surface area is 218 Å². The Morgan fingerprint density at radius 2 is 1.36 bits per heavy atom. The van der Waals surface area contributed by atoms with Gasteiger partial charge >= 0.3 is 0 Å². The van der Waals surface area contributed by atoms with Crippen LogP contribution in [0.4, 0.5) is 0 Å². The number of benzene rings is 2. The van der Waals surface area contributed by atoms with E-state index in [0.717, 1.165) is 30.4 Å². The minimum absolute atomic E-state index is 0.139. The minimum atomic E-state index is -0.559. The molecule has 1 heterocycles. The second-order valence-electron chi connectivity index (χ2n) is 11.4. The van der Waals surface area contributed by atoms with Crippen molar-refractivity contribution >= 4 is 0 Å². The van der Waals surface area contributed by atoms with E-state index in [1.54, 1.807) is 7.11 Å². The summed E-state index contributed by atoms with van der Waals surface area (Å²) in [5, 5.41) is 0. The van der Waals surface area contributed by atoms with Gasteiger partial charge in [-0.3, -0.25) is 0 Å². The first-order valence-electron chi connectivity index (χ1n) is 13.4. The second kappa shape index (κ2) is 14.3. The van der Waals surface area contributed by atoms with Gasteiger partial charge in [-0.2, -0.15) is 0 Å². The molecule has 2 aromatic carbocycles. The molecular weight excluding hydrogens is 452 g/mol. The van der Waals surface area contributed by atoms with E-state index in [0.29, 0.717) is 25.7 Å². The Kier molecular flexibility index (Phi) is 11.4. The van der Waals surface area contributed by atoms with Crippen LogP contribution in [0.25, 0.3) is 0 Å². The van der Waals surface area contributed by atoms with Crippen molar-refractivity contribution in [3.63, 3.8) is 0 Å². The van der Waals surface area contributed by atoms with Crippen molar-refractivity contribution in [2.24, 2.45) is 11.3 Å². The molecule has 36 heavy (non-hydrogen) atoms. The molecule has 1 aliphatic rings. The molecule has 0 spiro atoms. The Morgan fingerprint density at radius 1 is 0.778 bits per heavy atom. The van der Waals surface area contributed by atoms with E-state index in [4.69, 9.17) is 23.7 Å². The van der Waals surface area contributed by atoms with Gasteiger partial charge in [-0.1, -0.05) is 95.3 Å². The van der Waals surface area contributed by atoms with Crippen molar-refractivity contribution in [3.05, 3.63) is 71.8 Å². The van der Waals surface area contributed by atoms with E-state index < -0.39 is 12.4 Å². The number of methoxy groups -OCH3 is 1. The average Bonchev–Trinajstić information content (AvgIpc) is 2.85. The van der Waals surface area contributed by atoms with Crippen LogP contribution in [0.5, 0.6) is 0 Å². The molecule has 5 heteroatoms. The molecule has 1 saturated heterocycles. The zero-order valence-corrected chi connectivity index (χ0v) is 23.0. The molecule has 0 saturated carbocycles. The van der Waals surface area contributed by atoms with Gasteiger partial charge in [-0.05, 0) is 41.7 Å². The number of hydrogen-bond acceptors (Lipinski definition) is 5. The highest BCUT2D eigenvalue weighted by molar-refractivity contribution is 5.14. The monoisotopic (exact) mass is 498 g/mol. The van der Waals surface area contributed by atoms with Gasteiger partial charge in [-0.15, -0.1) is 0 Å². The van der Waals surface area contributed by atoms with Crippen LogP contribution in [0.15, 0.2) is 60.7 Å². The summed E-state index contributed by atoms with van der Waals surface area (Å²) in [6, 6.07) is 20.4. The lowest BCUT2D eigenvalue weighted by molar-refractivity contribution is -0.322. The smallest absolute Gasteiger partial charge is 0.187 e. The lowest BCUT2D eigenvalue weighted by Gasteiger charge is -2.46. The SMILES string of the molecule is CO[C@H]1[C@H](OCCCC(C)(C)C)[C@@H](OCc2ccccc2)[C@@H](OCc2ccccc2)O[C@@H]1CC(C)C. The third-order valence-corrected chi connectivity index (χ3v) is 6.49. The third kappa shape index (κ3) is 9.28. The Balaban J connectivity index is 1.81. The van der Waals surface area contributed by atoms with Crippen molar-refractivity contribution in [2.45, 2.75) is 97.8 Å². The third-order valence-electron chi connectivity index (χ3n) is 6.49. The van der Waals surface area contributed by atoms with Crippen LogP contribution in [0.3, 0.4) is 0 Å². The summed E-state index contributed by atoms with van der Waals surface area (Å²) in [5.74, 6) is 0.450. The highest BCUT2D eigenvalue weighted by Gasteiger charge is 2.48. The highest BCUT2D eigenvalue weighted by atomic mass is 16.7. The Hall–Kier alpha value is -1.76. The molecule has 0 aromatic heterocycles. The van der Waals surface area contributed by atoms with Gasteiger partial charge < -0.3 is 23.7 Å². The maximum absolute atomic E-state index is 6.57. The van der Waals surface area contributed by atoms with Crippen LogP contribution in [0.2, 0.25) is 0 Å². The average molecular weight is 499 g/mol. The van der Waals surface area contributed by atoms with Crippen LogP contribution in [0, 0.1) is 11.3 Å². The van der Waals surface area contributed by atoms with Crippen LogP contribution >= 0.6 is 0 Å². The van der Waals surface area contributed by atoms with E-state index in [1.807, 2.05) is 36.4 Å². The van der Waals surface area contributed by atoms with Crippen LogP contribution in [-0.4, -0.2) is 44.4 Å². The maximum Gasteiger partial charge on any atom is 0.187 e. The fourth-order valence-corrected chi connectivity index (χ4v) is 4.66. The van der Waals surface area contributed by atoms with Crippen LogP contribution < -0.4 is 0 Å². The first-order valence-corrected chi connectivity index (χ1v) is 13.4. The van der Waals surface area contributed by atoms with Gasteiger partial charge in [0.15, 0.2) is 6.29 Å². The summed E-state index contributed by atoms with van der Waals surface area (Å²) in [4.78, 5) is 0. The van der Waals surface area contributed by atoms with Crippen LogP contribution in [-0.2, 0) is 36.9 Å². The molecule has 5 atom stereocenters. The first-order chi connectivity index (χ1) is 17.3. The Morgan fingerprint density at radius 3 is 1.89 bits per heavy atom.